The minimum atomic E-state index is 0.543. The quantitative estimate of drug-likeness (QED) is 0.705. The molecule has 4 rings (SSSR count). The highest BCUT2D eigenvalue weighted by molar-refractivity contribution is 5.63. The van der Waals surface area contributed by atoms with Crippen LogP contribution < -0.4 is 15.4 Å². The molecule has 1 aromatic carbocycles. The first kappa shape index (κ1) is 18.2. The van der Waals surface area contributed by atoms with Crippen molar-refractivity contribution in [2.24, 2.45) is 0 Å². The highest BCUT2D eigenvalue weighted by atomic mass is 16.5. The fourth-order valence-electron chi connectivity index (χ4n) is 3.41. The Labute approximate surface area is 164 Å². The highest BCUT2D eigenvalue weighted by Gasteiger charge is 2.19. The molecule has 3 aromatic rings. The Balaban J connectivity index is 1.68. The van der Waals surface area contributed by atoms with Crippen LogP contribution in [0.25, 0.3) is 5.69 Å². The number of fused-ring (bicyclic) bond motifs is 1. The number of hydrogen-bond donors (Lipinski definition) is 2. The van der Waals surface area contributed by atoms with Crippen LogP contribution in [0.4, 0.5) is 17.5 Å². The van der Waals surface area contributed by atoms with E-state index in [0.29, 0.717) is 5.95 Å². The maximum absolute atomic E-state index is 5.57. The molecule has 0 amide bonds. The first-order valence-corrected chi connectivity index (χ1v) is 9.30. The fraction of sp³-hybridized carbons (Fsp3) is 0.350. The summed E-state index contributed by atoms with van der Waals surface area (Å²) in [4.78, 5) is 11.2. The van der Waals surface area contributed by atoms with Gasteiger partial charge < -0.3 is 20.3 Å². The third-order valence-corrected chi connectivity index (χ3v) is 4.84. The number of nitrogens with zero attached hydrogens (tertiary/aromatic N) is 5. The molecule has 2 N–H and O–H groups in total. The van der Waals surface area contributed by atoms with Crippen LogP contribution in [0.2, 0.25) is 0 Å². The van der Waals surface area contributed by atoms with Gasteiger partial charge in [-0.05, 0) is 32.2 Å². The van der Waals surface area contributed by atoms with Gasteiger partial charge in [0.15, 0.2) is 0 Å². The molecule has 2 aromatic heterocycles. The number of likely N-dealkylation sites (N-methyl/N-ethyl adjacent to an activating group) is 1. The zero-order valence-corrected chi connectivity index (χ0v) is 16.7. The van der Waals surface area contributed by atoms with Crippen LogP contribution in [0, 0.1) is 6.92 Å². The van der Waals surface area contributed by atoms with Gasteiger partial charge in [0.2, 0.25) is 5.95 Å². The predicted octanol–water partition coefficient (Wildman–Crippen LogP) is 2.75. The molecule has 8 nitrogen and oxygen atoms in total. The van der Waals surface area contributed by atoms with E-state index in [2.05, 4.69) is 38.7 Å². The van der Waals surface area contributed by atoms with Gasteiger partial charge in [0.05, 0.1) is 12.8 Å². The van der Waals surface area contributed by atoms with Crippen molar-refractivity contribution in [1.29, 1.82) is 0 Å². The van der Waals surface area contributed by atoms with Crippen molar-refractivity contribution in [2.45, 2.75) is 19.9 Å². The number of methoxy groups -OCH3 is 1. The zero-order chi connectivity index (χ0) is 19.7. The molecule has 8 heteroatoms. The van der Waals surface area contributed by atoms with Gasteiger partial charge in [0.25, 0.3) is 0 Å². The van der Waals surface area contributed by atoms with Crippen molar-refractivity contribution in [1.82, 2.24) is 24.6 Å². The van der Waals surface area contributed by atoms with Gasteiger partial charge in [-0.1, -0.05) is 0 Å². The van der Waals surface area contributed by atoms with Gasteiger partial charge in [0, 0.05) is 55.8 Å². The van der Waals surface area contributed by atoms with Crippen LogP contribution in [0.1, 0.15) is 17.0 Å². The number of hydrogen-bond acceptors (Lipinski definition) is 7. The van der Waals surface area contributed by atoms with Gasteiger partial charge in [-0.2, -0.15) is 10.1 Å². The van der Waals surface area contributed by atoms with E-state index in [9.17, 15) is 0 Å². The van der Waals surface area contributed by atoms with Crippen LogP contribution in [0.5, 0.6) is 5.75 Å². The summed E-state index contributed by atoms with van der Waals surface area (Å²) in [5.41, 5.74) is 5.05. The molecule has 1 aliphatic rings. The molecule has 0 radical (unpaired) electrons. The Hall–Kier alpha value is -3.13. The van der Waals surface area contributed by atoms with E-state index >= 15 is 0 Å². The SMILES string of the molecule is CNc1cc(C)nc(Nc2ccc(OC)c(-n3cc4c(n3)CCN(C)C4)c2)n1. The van der Waals surface area contributed by atoms with Crippen LogP contribution in [0.3, 0.4) is 0 Å². The fourth-order valence-corrected chi connectivity index (χ4v) is 3.41. The predicted molar refractivity (Wildman–Crippen MR) is 110 cm³/mol. The number of rotatable bonds is 5. The van der Waals surface area contributed by atoms with Crippen molar-refractivity contribution in [3.05, 3.63) is 47.4 Å². The molecule has 0 bridgehead atoms. The Morgan fingerprint density at radius 2 is 2.04 bits per heavy atom. The molecular formula is C20H25N7O. The van der Waals surface area contributed by atoms with Crippen molar-refractivity contribution in [2.75, 3.05) is 38.4 Å². The largest absolute Gasteiger partial charge is 0.494 e. The van der Waals surface area contributed by atoms with Gasteiger partial charge in [-0.25, -0.2) is 9.67 Å². The first-order valence-electron chi connectivity index (χ1n) is 9.30. The molecule has 0 atom stereocenters. The smallest absolute Gasteiger partial charge is 0.229 e. The molecule has 0 fully saturated rings. The number of nitrogens with one attached hydrogen (secondary N) is 2. The molecule has 28 heavy (non-hydrogen) atoms. The van der Waals surface area contributed by atoms with E-state index in [4.69, 9.17) is 9.84 Å². The molecule has 0 saturated heterocycles. The number of anilines is 3. The van der Waals surface area contributed by atoms with E-state index in [1.807, 2.05) is 42.9 Å². The summed E-state index contributed by atoms with van der Waals surface area (Å²) < 4.78 is 7.48. The van der Waals surface area contributed by atoms with Crippen molar-refractivity contribution < 1.29 is 4.74 Å². The summed E-state index contributed by atoms with van der Waals surface area (Å²) in [6.07, 6.45) is 3.05. The van der Waals surface area contributed by atoms with E-state index in [-0.39, 0.29) is 0 Å². The van der Waals surface area contributed by atoms with Gasteiger partial charge >= 0.3 is 0 Å². The second-order valence-corrected chi connectivity index (χ2v) is 7.01. The van der Waals surface area contributed by atoms with E-state index < -0.39 is 0 Å². The maximum Gasteiger partial charge on any atom is 0.229 e. The van der Waals surface area contributed by atoms with Crippen molar-refractivity contribution in [3.8, 4) is 11.4 Å². The monoisotopic (exact) mass is 379 g/mol. The number of aryl methyl sites for hydroxylation is 1. The van der Waals surface area contributed by atoms with E-state index in [1.165, 1.54) is 5.56 Å². The molecule has 0 saturated carbocycles. The average molecular weight is 379 g/mol. The topological polar surface area (TPSA) is 80.1 Å². The minimum Gasteiger partial charge on any atom is -0.494 e. The lowest BCUT2D eigenvalue weighted by Crippen LogP contribution is -2.25. The minimum absolute atomic E-state index is 0.543. The lowest BCUT2D eigenvalue weighted by atomic mass is 10.1. The third kappa shape index (κ3) is 3.63. The number of benzene rings is 1. The normalized spacial score (nSPS) is 13.9. The van der Waals surface area contributed by atoms with Crippen molar-refractivity contribution in [3.63, 3.8) is 0 Å². The molecule has 1 aliphatic heterocycles. The molecule has 0 aliphatic carbocycles. The molecule has 0 spiro atoms. The molecular weight excluding hydrogens is 354 g/mol. The third-order valence-electron chi connectivity index (χ3n) is 4.84. The standard InChI is InChI=1S/C20H25N7O/c1-13-9-19(21-2)24-20(22-13)23-15-5-6-18(28-4)17(10-15)27-12-14-11-26(3)8-7-16(14)25-27/h5-6,9-10,12H,7-8,11H2,1-4H3,(H2,21,22,23,24). The summed E-state index contributed by atoms with van der Waals surface area (Å²) in [7, 11) is 5.65. The lowest BCUT2D eigenvalue weighted by molar-refractivity contribution is 0.311. The molecule has 146 valence electrons. The van der Waals surface area contributed by atoms with Crippen LogP contribution in [0.15, 0.2) is 30.5 Å². The second-order valence-electron chi connectivity index (χ2n) is 7.01. The Kier molecular flexibility index (Phi) is 4.87. The summed E-state index contributed by atoms with van der Waals surface area (Å²) in [6.45, 7) is 3.89. The summed E-state index contributed by atoms with van der Waals surface area (Å²) in [5.74, 6) is 2.08. The Bertz CT molecular complexity index is 998. The van der Waals surface area contributed by atoms with Crippen molar-refractivity contribution >= 4 is 17.5 Å². The molecule has 3 heterocycles. The van der Waals surface area contributed by atoms with Crippen LogP contribution in [-0.4, -0.2) is 52.4 Å². The first-order chi connectivity index (χ1) is 13.6. The number of ether oxygens (including phenoxy) is 1. The summed E-state index contributed by atoms with van der Waals surface area (Å²) >= 11 is 0. The number of aromatic nitrogens is 4. The average Bonchev–Trinajstić information content (AvgIpc) is 3.10. The Morgan fingerprint density at radius 1 is 1.18 bits per heavy atom. The maximum atomic E-state index is 5.57. The van der Waals surface area contributed by atoms with Gasteiger partial charge in [0.1, 0.15) is 17.3 Å². The lowest BCUT2D eigenvalue weighted by Gasteiger charge is -2.20. The van der Waals surface area contributed by atoms with E-state index in [0.717, 1.165) is 53.8 Å². The summed E-state index contributed by atoms with van der Waals surface area (Å²) in [5, 5.41) is 11.1. The Morgan fingerprint density at radius 3 is 2.82 bits per heavy atom. The summed E-state index contributed by atoms with van der Waals surface area (Å²) in [6, 6.07) is 7.78. The van der Waals surface area contributed by atoms with E-state index in [1.54, 1.807) is 7.11 Å². The van der Waals surface area contributed by atoms with Gasteiger partial charge in [-0.15, -0.1) is 0 Å². The second kappa shape index (κ2) is 7.47. The zero-order valence-electron chi connectivity index (χ0n) is 16.7. The van der Waals surface area contributed by atoms with Gasteiger partial charge in [-0.3, -0.25) is 0 Å². The highest BCUT2D eigenvalue weighted by Crippen LogP contribution is 2.29. The molecule has 0 unspecified atom stereocenters. The van der Waals surface area contributed by atoms with Crippen LogP contribution in [-0.2, 0) is 13.0 Å². The van der Waals surface area contributed by atoms with Crippen LogP contribution >= 0.6 is 0 Å².